The number of pyridine rings is 1. The largest absolute Gasteiger partial charge is 0.291 e. The number of rotatable bonds is 5. The van der Waals surface area contributed by atoms with Crippen LogP contribution < -0.4 is 0 Å². The molecule has 0 N–H and O–H groups in total. The van der Waals surface area contributed by atoms with Crippen molar-refractivity contribution in [2.45, 2.75) is 38.4 Å². The zero-order chi connectivity index (χ0) is 16.9. The van der Waals surface area contributed by atoms with Crippen molar-refractivity contribution >= 4 is 0 Å². The van der Waals surface area contributed by atoms with Crippen molar-refractivity contribution in [1.82, 2.24) is 19.7 Å². The van der Waals surface area contributed by atoms with E-state index in [0.717, 1.165) is 19.6 Å². The highest BCUT2D eigenvalue weighted by Crippen LogP contribution is 2.30. The van der Waals surface area contributed by atoms with Crippen LogP contribution in [-0.4, -0.2) is 26.2 Å². The van der Waals surface area contributed by atoms with E-state index in [1.165, 1.54) is 36.1 Å². The van der Waals surface area contributed by atoms with Gasteiger partial charge in [0.25, 0.3) is 0 Å². The zero-order valence-electron chi connectivity index (χ0n) is 14.5. The van der Waals surface area contributed by atoms with Gasteiger partial charge in [-0.15, -0.1) is 0 Å². The van der Waals surface area contributed by atoms with Gasteiger partial charge in [0.15, 0.2) is 0 Å². The average molecular weight is 332 g/mol. The Kier molecular flexibility index (Phi) is 4.89. The van der Waals surface area contributed by atoms with Crippen LogP contribution in [0.4, 0.5) is 0 Å². The molecule has 0 radical (unpaired) electrons. The minimum atomic E-state index is 0.443. The fraction of sp³-hybridized carbons (Fsp3) is 0.333. The quantitative estimate of drug-likeness (QED) is 0.707. The van der Waals surface area contributed by atoms with Gasteiger partial charge in [0, 0.05) is 25.1 Å². The average Bonchev–Trinajstić information content (AvgIpc) is 3.18. The topological polar surface area (TPSA) is 34.0 Å². The molecule has 0 bridgehead atoms. The minimum absolute atomic E-state index is 0.443. The van der Waals surface area contributed by atoms with Gasteiger partial charge >= 0.3 is 0 Å². The molecular weight excluding hydrogens is 308 g/mol. The maximum absolute atomic E-state index is 4.60. The van der Waals surface area contributed by atoms with Crippen LogP contribution in [0.3, 0.4) is 0 Å². The lowest BCUT2D eigenvalue weighted by Crippen LogP contribution is -2.33. The van der Waals surface area contributed by atoms with E-state index < -0.39 is 0 Å². The fourth-order valence-electron chi connectivity index (χ4n) is 3.65. The van der Waals surface area contributed by atoms with Crippen LogP contribution in [0.1, 0.15) is 42.1 Å². The second kappa shape index (κ2) is 7.62. The summed E-state index contributed by atoms with van der Waals surface area (Å²) in [5.74, 6) is 0. The molecular formula is C21H24N4. The van der Waals surface area contributed by atoms with Crippen LogP contribution in [0.5, 0.6) is 0 Å². The van der Waals surface area contributed by atoms with E-state index >= 15 is 0 Å². The Morgan fingerprint density at radius 3 is 2.44 bits per heavy atom. The third-order valence-corrected chi connectivity index (χ3v) is 4.96. The SMILES string of the molecule is c1ccc([C@H]2CCCCN2Cc2ccc(Cn3cccn3)cc2)nc1. The molecule has 1 aromatic carbocycles. The highest BCUT2D eigenvalue weighted by Gasteiger charge is 2.24. The maximum Gasteiger partial charge on any atom is 0.0659 e. The third-order valence-electron chi connectivity index (χ3n) is 4.96. The second-order valence-corrected chi connectivity index (χ2v) is 6.76. The molecule has 0 unspecified atom stereocenters. The highest BCUT2D eigenvalue weighted by atomic mass is 15.3. The van der Waals surface area contributed by atoms with E-state index in [9.17, 15) is 0 Å². The van der Waals surface area contributed by atoms with E-state index in [4.69, 9.17) is 0 Å². The summed E-state index contributed by atoms with van der Waals surface area (Å²) in [5.41, 5.74) is 3.86. The van der Waals surface area contributed by atoms with Crippen molar-refractivity contribution < 1.29 is 0 Å². The van der Waals surface area contributed by atoms with E-state index in [0.29, 0.717) is 6.04 Å². The van der Waals surface area contributed by atoms with Gasteiger partial charge in [0.05, 0.1) is 18.3 Å². The van der Waals surface area contributed by atoms with E-state index in [1.54, 1.807) is 0 Å². The first-order chi connectivity index (χ1) is 12.4. The number of piperidine rings is 1. The van der Waals surface area contributed by atoms with E-state index in [1.807, 2.05) is 35.4 Å². The maximum atomic E-state index is 4.60. The van der Waals surface area contributed by atoms with E-state index in [2.05, 4.69) is 51.4 Å². The van der Waals surface area contributed by atoms with Gasteiger partial charge in [0.2, 0.25) is 0 Å². The Bertz CT molecular complexity index is 765. The van der Waals surface area contributed by atoms with Crippen molar-refractivity contribution in [1.29, 1.82) is 0 Å². The molecule has 4 nitrogen and oxygen atoms in total. The molecule has 1 aliphatic heterocycles. The van der Waals surface area contributed by atoms with Gasteiger partial charge in [-0.3, -0.25) is 14.6 Å². The second-order valence-electron chi connectivity index (χ2n) is 6.76. The van der Waals surface area contributed by atoms with Crippen LogP contribution in [0.15, 0.2) is 67.1 Å². The molecule has 1 aliphatic rings. The molecule has 25 heavy (non-hydrogen) atoms. The number of hydrogen-bond acceptors (Lipinski definition) is 3. The molecule has 4 heteroatoms. The fourth-order valence-corrected chi connectivity index (χ4v) is 3.65. The van der Waals surface area contributed by atoms with Crippen LogP contribution >= 0.6 is 0 Å². The summed E-state index contributed by atoms with van der Waals surface area (Å²) in [5, 5.41) is 4.27. The Hall–Kier alpha value is -2.46. The smallest absolute Gasteiger partial charge is 0.0659 e. The minimum Gasteiger partial charge on any atom is -0.291 e. The lowest BCUT2D eigenvalue weighted by Gasteiger charge is -2.35. The van der Waals surface area contributed by atoms with Gasteiger partial charge in [-0.2, -0.15) is 5.10 Å². The first kappa shape index (κ1) is 16.0. The molecule has 1 fully saturated rings. The highest BCUT2D eigenvalue weighted by molar-refractivity contribution is 5.23. The number of benzene rings is 1. The molecule has 3 aromatic rings. The molecule has 2 aromatic heterocycles. The Morgan fingerprint density at radius 1 is 0.880 bits per heavy atom. The third kappa shape index (κ3) is 3.97. The van der Waals surface area contributed by atoms with Crippen LogP contribution in [-0.2, 0) is 13.1 Å². The molecule has 128 valence electrons. The summed E-state index contributed by atoms with van der Waals surface area (Å²) in [6.45, 7) is 2.97. The zero-order valence-corrected chi connectivity index (χ0v) is 14.5. The van der Waals surface area contributed by atoms with Crippen molar-refractivity contribution in [2.24, 2.45) is 0 Å². The summed E-state index contributed by atoms with van der Waals surface area (Å²) in [4.78, 5) is 7.18. The first-order valence-electron chi connectivity index (χ1n) is 9.09. The summed E-state index contributed by atoms with van der Waals surface area (Å²) in [6.07, 6.45) is 9.50. The van der Waals surface area contributed by atoms with Crippen LogP contribution in [0.2, 0.25) is 0 Å². The van der Waals surface area contributed by atoms with Gasteiger partial charge < -0.3 is 0 Å². The summed E-state index contributed by atoms with van der Waals surface area (Å²) in [6, 6.07) is 17.6. The Labute approximate surface area is 149 Å². The van der Waals surface area contributed by atoms with Crippen molar-refractivity contribution in [3.8, 4) is 0 Å². The van der Waals surface area contributed by atoms with Gasteiger partial charge in [0.1, 0.15) is 0 Å². The lowest BCUT2D eigenvalue weighted by molar-refractivity contribution is 0.137. The monoisotopic (exact) mass is 332 g/mol. The van der Waals surface area contributed by atoms with Gasteiger partial charge in [-0.05, 0) is 48.7 Å². The molecule has 1 atom stereocenters. The predicted octanol–water partition coefficient (Wildman–Crippen LogP) is 4.05. The Balaban J connectivity index is 1.44. The van der Waals surface area contributed by atoms with Crippen LogP contribution in [0.25, 0.3) is 0 Å². The number of aromatic nitrogens is 3. The van der Waals surface area contributed by atoms with Crippen molar-refractivity contribution in [3.63, 3.8) is 0 Å². The molecule has 0 spiro atoms. The first-order valence-corrected chi connectivity index (χ1v) is 9.09. The predicted molar refractivity (Wildman–Crippen MR) is 99.0 cm³/mol. The van der Waals surface area contributed by atoms with Gasteiger partial charge in [-0.1, -0.05) is 36.8 Å². The normalized spacial score (nSPS) is 18.3. The summed E-state index contributed by atoms with van der Waals surface area (Å²) < 4.78 is 1.96. The van der Waals surface area contributed by atoms with E-state index in [-0.39, 0.29) is 0 Å². The standard InChI is InChI=1S/C21H24N4/c1-3-12-22-20(6-1)21-7-2-4-14-24(21)16-18-8-10-19(11-9-18)17-25-15-5-13-23-25/h1,3,5-6,8-13,15,21H,2,4,7,14,16-17H2/t21-/m1/s1. The van der Waals surface area contributed by atoms with Gasteiger partial charge in [-0.25, -0.2) is 0 Å². The molecule has 3 heterocycles. The number of hydrogen-bond donors (Lipinski definition) is 0. The lowest BCUT2D eigenvalue weighted by atomic mass is 9.98. The molecule has 1 saturated heterocycles. The molecule has 0 saturated carbocycles. The van der Waals surface area contributed by atoms with Crippen LogP contribution in [0, 0.1) is 0 Å². The molecule has 0 aliphatic carbocycles. The Morgan fingerprint density at radius 2 is 1.72 bits per heavy atom. The summed E-state index contributed by atoms with van der Waals surface area (Å²) in [7, 11) is 0. The molecule has 0 amide bonds. The number of likely N-dealkylation sites (tertiary alicyclic amines) is 1. The van der Waals surface area contributed by atoms with Crippen molar-refractivity contribution in [2.75, 3.05) is 6.54 Å². The number of nitrogens with zero attached hydrogens (tertiary/aromatic N) is 4. The van der Waals surface area contributed by atoms with Crippen molar-refractivity contribution in [3.05, 3.63) is 83.9 Å². The summed E-state index contributed by atoms with van der Waals surface area (Å²) >= 11 is 0. The molecule has 4 rings (SSSR count).